The van der Waals surface area contributed by atoms with Gasteiger partial charge in [-0.3, -0.25) is 5.43 Å². The van der Waals surface area contributed by atoms with E-state index >= 15 is 0 Å². The largest absolute Gasteiger partial charge is 0.494 e. The van der Waals surface area contributed by atoms with E-state index in [1.165, 1.54) is 11.1 Å². The summed E-state index contributed by atoms with van der Waals surface area (Å²) in [5.74, 6) is 1.87. The number of hydrazone groups is 1. The van der Waals surface area contributed by atoms with Crippen LogP contribution in [0.3, 0.4) is 0 Å². The zero-order valence-corrected chi connectivity index (χ0v) is 18.6. The highest BCUT2D eigenvalue weighted by atomic mass is 32.2. The maximum atomic E-state index is 5.81. The fourth-order valence-corrected chi connectivity index (χ4v) is 5.15. The van der Waals surface area contributed by atoms with E-state index < -0.39 is 0 Å². The molecule has 2 N–H and O–H groups in total. The second kappa shape index (κ2) is 9.24. The first-order valence-corrected chi connectivity index (χ1v) is 12.0. The first-order chi connectivity index (χ1) is 15.3. The standard InChI is InChI=1S/C24H29N5OS/c1-2-3-15-30-20-11-9-19(10-12-20)21-16-22-23-25-26-24(28(23)13-14-29(22)27-21)31-17-18-7-5-4-6-8-18/h4-14,21-23,25,27H,2-3,15-17H2,1H3. The number of benzene rings is 2. The fourth-order valence-electron chi connectivity index (χ4n) is 4.22. The van der Waals surface area contributed by atoms with Gasteiger partial charge in [0.2, 0.25) is 0 Å². The third-order valence-electron chi connectivity index (χ3n) is 5.96. The van der Waals surface area contributed by atoms with Crippen LogP contribution in [0.25, 0.3) is 0 Å². The van der Waals surface area contributed by atoms with Gasteiger partial charge >= 0.3 is 0 Å². The van der Waals surface area contributed by atoms with Crippen LogP contribution >= 0.6 is 11.8 Å². The van der Waals surface area contributed by atoms with Crippen LogP contribution in [0.4, 0.5) is 0 Å². The molecule has 6 nitrogen and oxygen atoms in total. The highest BCUT2D eigenvalue weighted by Crippen LogP contribution is 2.35. The van der Waals surface area contributed by atoms with Crippen LogP contribution in [0.5, 0.6) is 5.75 Å². The summed E-state index contributed by atoms with van der Waals surface area (Å²) in [5, 5.41) is 7.89. The van der Waals surface area contributed by atoms with Crippen LogP contribution < -0.4 is 15.6 Å². The van der Waals surface area contributed by atoms with Crippen molar-refractivity contribution in [1.82, 2.24) is 20.8 Å². The molecule has 3 aliphatic heterocycles. The van der Waals surface area contributed by atoms with Gasteiger partial charge in [-0.05, 0) is 36.1 Å². The summed E-state index contributed by atoms with van der Waals surface area (Å²) in [7, 11) is 0. The number of amidine groups is 1. The van der Waals surface area contributed by atoms with Gasteiger partial charge in [0, 0.05) is 18.2 Å². The van der Waals surface area contributed by atoms with E-state index in [1.807, 2.05) is 0 Å². The molecule has 3 atom stereocenters. The molecule has 0 spiro atoms. The Morgan fingerprint density at radius 3 is 2.74 bits per heavy atom. The van der Waals surface area contributed by atoms with Crippen molar-refractivity contribution in [3.63, 3.8) is 0 Å². The van der Waals surface area contributed by atoms with E-state index in [-0.39, 0.29) is 12.2 Å². The molecule has 5 rings (SSSR count). The maximum absolute atomic E-state index is 5.81. The van der Waals surface area contributed by atoms with Crippen LogP contribution in [0.2, 0.25) is 0 Å². The van der Waals surface area contributed by atoms with E-state index in [9.17, 15) is 0 Å². The monoisotopic (exact) mass is 435 g/mol. The molecule has 3 aliphatic rings. The van der Waals surface area contributed by atoms with Crippen LogP contribution in [0.1, 0.15) is 43.4 Å². The number of hydrogen-bond acceptors (Lipinski definition) is 7. The molecule has 1 saturated heterocycles. The highest BCUT2D eigenvalue weighted by molar-refractivity contribution is 8.13. The Hall–Kier alpha value is -2.64. The molecule has 0 bridgehead atoms. The van der Waals surface area contributed by atoms with Gasteiger partial charge in [-0.15, -0.1) is 0 Å². The predicted molar refractivity (Wildman–Crippen MR) is 126 cm³/mol. The number of unbranched alkanes of at least 4 members (excludes halogenated alkanes) is 1. The number of hydrazine groups is 1. The van der Waals surface area contributed by atoms with Gasteiger partial charge in [-0.2, -0.15) is 5.10 Å². The Labute approximate surface area is 188 Å². The van der Waals surface area contributed by atoms with Gasteiger partial charge in [0.1, 0.15) is 11.9 Å². The molecule has 3 heterocycles. The summed E-state index contributed by atoms with van der Waals surface area (Å²) >= 11 is 1.77. The summed E-state index contributed by atoms with van der Waals surface area (Å²) in [6, 6.07) is 19.7. The molecule has 2 aromatic carbocycles. The minimum absolute atomic E-state index is 0.150. The van der Waals surface area contributed by atoms with Crippen molar-refractivity contribution >= 4 is 16.9 Å². The van der Waals surface area contributed by atoms with Crippen LogP contribution in [-0.4, -0.2) is 33.9 Å². The lowest BCUT2D eigenvalue weighted by molar-refractivity contribution is 0.152. The molecule has 7 heteroatoms. The summed E-state index contributed by atoms with van der Waals surface area (Å²) in [6.07, 6.45) is 7.66. The molecule has 31 heavy (non-hydrogen) atoms. The minimum atomic E-state index is 0.150. The lowest BCUT2D eigenvalue weighted by Crippen LogP contribution is -2.54. The van der Waals surface area contributed by atoms with Crippen LogP contribution in [0, 0.1) is 0 Å². The molecule has 2 aromatic rings. The molecule has 0 aliphatic carbocycles. The molecule has 0 radical (unpaired) electrons. The Morgan fingerprint density at radius 2 is 1.94 bits per heavy atom. The first-order valence-electron chi connectivity index (χ1n) is 11.1. The van der Waals surface area contributed by atoms with Gasteiger partial charge in [0.05, 0.1) is 18.7 Å². The van der Waals surface area contributed by atoms with E-state index in [0.29, 0.717) is 6.04 Å². The van der Waals surface area contributed by atoms with Crippen molar-refractivity contribution in [3.8, 4) is 5.75 Å². The smallest absolute Gasteiger partial charge is 0.189 e. The summed E-state index contributed by atoms with van der Waals surface area (Å²) < 4.78 is 5.81. The third kappa shape index (κ3) is 4.38. The average Bonchev–Trinajstić information content (AvgIpc) is 3.43. The van der Waals surface area contributed by atoms with Gasteiger partial charge < -0.3 is 14.6 Å². The molecule has 162 valence electrons. The average molecular weight is 436 g/mol. The van der Waals surface area contributed by atoms with Crippen LogP contribution in [-0.2, 0) is 5.75 Å². The molecule has 3 unspecified atom stereocenters. The number of nitrogens with one attached hydrogen (secondary N) is 2. The third-order valence-corrected chi connectivity index (χ3v) is 7.00. The van der Waals surface area contributed by atoms with E-state index in [0.717, 1.165) is 42.5 Å². The van der Waals surface area contributed by atoms with Gasteiger partial charge in [-0.1, -0.05) is 67.6 Å². The lowest BCUT2D eigenvalue weighted by Gasteiger charge is -2.36. The van der Waals surface area contributed by atoms with E-state index in [2.05, 4.69) is 99.8 Å². The molecule has 1 fully saturated rings. The number of fused-ring (bicyclic) bond motifs is 3. The highest BCUT2D eigenvalue weighted by Gasteiger charge is 2.44. The SMILES string of the molecule is CCCCOc1ccc(C2CC3C4NN=C(SCc5ccccc5)N4C=CN3N2)cc1. The lowest BCUT2D eigenvalue weighted by atomic mass is 10.00. The Kier molecular flexibility index (Phi) is 6.04. The predicted octanol–water partition coefficient (Wildman–Crippen LogP) is 4.41. The summed E-state index contributed by atoms with van der Waals surface area (Å²) in [5.41, 5.74) is 9.61. The molecule has 0 aromatic heterocycles. The van der Waals surface area contributed by atoms with Gasteiger partial charge in [-0.25, -0.2) is 5.43 Å². The zero-order chi connectivity index (χ0) is 21.0. The second-order valence-corrected chi connectivity index (χ2v) is 9.05. The summed E-state index contributed by atoms with van der Waals surface area (Å²) in [4.78, 5) is 2.27. The zero-order valence-electron chi connectivity index (χ0n) is 17.8. The Morgan fingerprint density at radius 1 is 1.10 bits per heavy atom. The number of rotatable bonds is 7. The maximum Gasteiger partial charge on any atom is 0.189 e. The number of thioether (sulfide) groups is 1. The summed E-state index contributed by atoms with van der Waals surface area (Å²) in [6.45, 7) is 2.96. The van der Waals surface area contributed by atoms with Crippen LogP contribution in [0.15, 0.2) is 72.1 Å². The van der Waals surface area contributed by atoms with Crippen molar-refractivity contribution in [1.29, 1.82) is 0 Å². The Bertz CT molecular complexity index is 933. The van der Waals surface area contributed by atoms with E-state index in [4.69, 9.17) is 4.74 Å². The molecular weight excluding hydrogens is 406 g/mol. The number of hydrogen-bond donors (Lipinski definition) is 2. The van der Waals surface area contributed by atoms with Crippen molar-refractivity contribution in [2.24, 2.45) is 5.10 Å². The normalized spacial score (nSPS) is 23.9. The van der Waals surface area contributed by atoms with E-state index in [1.54, 1.807) is 11.8 Å². The van der Waals surface area contributed by atoms with Crippen molar-refractivity contribution in [3.05, 3.63) is 78.1 Å². The first kappa shape index (κ1) is 20.3. The quantitative estimate of drug-likeness (QED) is 0.629. The van der Waals surface area contributed by atoms with Gasteiger partial charge in [0.25, 0.3) is 0 Å². The number of ether oxygens (including phenoxy) is 1. The van der Waals surface area contributed by atoms with Crippen molar-refractivity contribution in [2.75, 3.05) is 6.61 Å². The molecular formula is C24H29N5OS. The van der Waals surface area contributed by atoms with Gasteiger partial charge in [0.15, 0.2) is 5.17 Å². The topological polar surface area (TPSA) is 52.1 Å². The van der Waals surface area contributed by atoms with Crippen molar-refractivity contribution in [2.45, 2.75) is 50.2 Å². The minimum Gasteiger partial charge on any atom is -0.494 e. The number of nitrogens with zero attached hydrogens (tertiary/aromatic N) is 3. The van der Waals surface area contributed by atoms with Crippen molar-refractivity contribution < 1.29 is 4.74 Å². The Balaban J connectivity index is 1.19. The second-order valence-electron chi connectivity index (χ2n) is 8.11. The fraction of sp³-hybridized carbons (Fsp3) is 0.375. The molecule has 0 saturated carbocycles. The molecule has 0 amide bonds.